The molecule has 0 amide bonds. The highest BCUT2D eigenvalue weighted by Gasteiger charge is 2.18. The number of fused-ring (bicyclic) bond motifs is 5. The highest BCUT2D eigenvalue weighted by Crippen LogP contribution is 2.40. The molecule has 272 valence electrons. The van der Waals surface area contributed by atoms with E-state index in [-0.39, 0.29) is 0 Å². The number of furan rings is 1. The maximum Gasteiger partial charge on any atom is 0.139 e. The highest BCUT2D eigenvalue weighted by atomic mass is 16.3. The first-order valence-corrected chi connectivity index (χ1v) is 19.4. The third-order valence-electron chi connectivity index (χ3n) is 11.0. The summed E-state index contributed by atoms with van der Waals surface area (Å²) < 4.78 is 6.19. The normalized spacial score (nSPS) is 11.4. The number of aromatic nitrogens is 3. The van der Waals surface area contributed by atoms with Gasteiger partial charge in [0.2, 0.25) is 0 Å². The van der Waals surface area contributed by atoms with Crippen LogP contribution in [0.1, 0.15) is 0 Å². The molecule has 0 aliphatic heterocycles. The van der Waals surface area contributed by atoms with Gasteiger partial charge in [0.25, 0.3) is 0 Å². The van der Waals surface area contributed by atoms with Crippen LogP contribution in [0.5, 0.6) is 0 Å². The van der Waals surface area contributed by atoms with Crippen molar-refractivity contribution in [3.8, 4) is 44.8 Å². The van der Waals surface area contributed by atoms with E-state index in [2.05, 4.69) is 157 Å². The molecular weight excluding hydrogens is 709 g/mol. The molecule has 0 radical (unpaired) electrons. The third-order valence-corrected chi connectivity index (χ3v) is 11.0. The van der Waals surface area contributed by atoms with Gasteiger partial charge in [-0.25, -0.2) is 4.98 Å². The van der Waals surface area contributed by atoms with Crippen LogP contribution in [0, 0.1) is 0 Å². The van der Waals surface area contributed by atoms with Gasteiger partial charge in [0, 0.05) is 51.5 Å². The zero-order chi connectivity index (χ0) is 38.4. The number of nitrogens with zero attached hydrogens (tertiary/aromatic N) is 4. The lowest BCUT2D eigenvalue weighted by atomic mass is 10.00. The lowest BCUT2D eigenvalue weighted by Gasteiger charge is -2.26. The van der Waals surface area contributed by atoms with Gasteiger partial charge in [0.05, 0.1) is 27.8 Å². The second-order valence-electron chi connectivity index (χ2n) is 14.5. The zero-order valence-corrected chi connectivity index (χ0v) is 31.3. The minimum absolute atomic E-state index is 0.830. The standard InChI is InChI=1S/C53H34N4O/c1-2-10-37(11-3-1)46-34-48(56-47-14-8-31-54-53(46)47)38-20-26-43(27-21-38)57(42-24-18-36(19-25-42)41-17-16-35-9-4-5-12-40(35)33-41)44-28-22-39(23-29-44)52-51-45-13-6-7-15-49(45)58-50(51)30-32-55-52/h1-34H. The number of benzene rings is 7. The van der Waals surface area contributed by atoms with Crippen LogP contribution in [-0.4, -0.2) is 15.0 Å². The maximum absolute atomic E-state index is 6.19. The van der Waals surface area contributed by atoms with Crippen molar-refractivity contribution in [1.82, 2.24) is 15.0 Å². The van der Waals surface area contributed by atoms with Crippen LogP contribution in [0.3, 0.4) is 0 Å². The van der Waals surface area contributed by atoms with Gasteiger partial charge in [-0.2, -0.15) is 0 Å². The Hall–Kier alpha value is -7.89. The predicted molar refractivity (Wildman–Crippen MR) is 239 cm³/mol. The zero-order valence-electron chi connectivity index (χ0n) is 31.3. The Labute approximate surface area is 335 Å². The quantitative estimate of drug-likeness (QED) is 0.163. The number of para-hydroxylation sites is 1. The van der Waals surface area contributed by atoms with Gasteiger partial charge in [-0.3, -0.25) is 9.97 Å². The topological polar surface area (TPSA) is 55.1 Å². The molecular formula is C53H34N4O. The van der Waals surface area contributed by atoms with Gasteiger partial charge in [-0.15, -0.1) is 0 Å². The van der Waals surface area contributed by atoms with Crippen molar-refractivity contribution in [1.29, 1.82) is 0 Å². The Morgan fingerprint density at radius 1 is 0.414 bits per heavy atom. The molecule has 0 fully saturated rings. The summed E-state index contributed by atoms with van der Waals surface area (Å²) in [6.45, 7) is 0. The van der Waals surface area contributed by atoms with Crippen LogP contribution in [0.15, 0.2) is 211 Å². The van der Waals surface area contributed by atoms with Crippen LogP contribution < -0.4 is 4.90 Å². The SMILES string of the molecule is c1ccc(-c2cc(-c3ccc(N(c4ccc(-c5ccc6ccccc6c5)cc4)c4ccc(-c5nccc6oc7ccccc7c56)cc4)cc3)nc3cccnc23)cc1. The first-order chi connectivity index (χ1) is 28.7. The molecule has 0 N–H and O–H groups in total. The minimum Gasteiger partial charge on any atom is -0.456 e. The van der Waals surface area contributed by atoms with E-state index in [0.717, 1.165) is 89.2 Å². The summed E-state index contributed by atoms with van der Waals surface area (Å²) in [6, 6.07) is 67.9. The third kappa shape index (κ3) is 5.94. The van der Waals surface area contributed by atoms with Crippen LogP contribution in [0.25, 0.3) is 88.5 Å². The Morgan fingerprint density at radius 3 is 1.84 bits per heavy atom. The lowest BCUT2D eigenvalue weighted by Crippen LogP contribution is -2.09. The molecule has 0 atom stereocenters. The molecule has 11 aromatic rings. The van der Waals surface area contributed by atoms with E-state index >= 15 is 0 Å². The Kier molecular flexibility index (Phi) is 8.07. The number of hydrogen-bond acceptors (Lipinski definition) is 5. The first kappa shape index (κ1) is 33.4. The van der Waals surface area contributed by atoms with Gasteiger partial charge in [-0.1, -0.05) is 121 Å². The number of rotatable bonds is 7. The monoisotopic (exact) mass is 742 g/mol. The van der Waals surface area contributed by atoms with E-state index < -0.39 is 0 Å². The van der Waals surface area contributed by atoms with E-state index in [1.807, 2.05) is 54.9 Å². The number of anilines is 3. The molecule has 0 saturated carbocycles. The fourth-order valence-electron chi connectivity index (χ4n) is 8.10. The summed E-state index contributed by atoms with van der Waals surface area (Å²) >= 11 is 0. The molecule has 7 aromatic carbocycles. The van der Waals surface area contributed by atoms with Crippen LogP contribution in [0.4, 0.5) is 17.1 Å². The van der Waals surface area contributed by atoms with Crippen LogP contribution >= 0.6 is 0 Å². The van der Waals surface area contributed by atoms with Crippen molar-refractivity contribution in [2.45, 2.75) is 0 Å². The summed E-state index contributed by atoms with van der Waals surface area (Å²) in [7, 11) is 0. The molecule has 0 spiro atoms. The van der Waals surface area contributed by atoms with Crippen molar-refractivity contribution in [3.05, 3.63) is 207 Å². The maximum atomic E-state index is 6.19. The Balaban J connectivity index is 0.996. The van der Waals surface area contributed by atoms with E-state index in [1.54, 1.807) is 0 Å². The summed E-state index contributed by atoms with van der Waals surface area (Å²) in [6.07, 6.45) is 3.65. The fraction of sp³-hybridized carbons (Fsp3) is 0. The summed E-state index contributed by atoms with van der Waals surface area (Å²) in [5, 5.41) is 4.55. The van der Waals surface area contributed by atoms with E-state index in [4.69, 9.17) is 19.4 Å². The fourth-order valence-corrected chi connectivity index (χ4v) is 8.10. The lowest BCUT2D eigenvalue weighted by molar-refractivity contribution is 0.668. The van der Waals surface area contributed by atoms with Crippen molar-refractivity contribution in [2.75, 3.05) is 4.90 Å². The van der Waals surface area contributed by atoms with E-state index in [0.29, 0.717) is 0 Å². The average Bonchev–Trinajstić information content (AvgIpc) is 3.69. The number of hydrogen-bond donors (Lipinski definition) is 0. The van der Waals surface area contributed by atoms with Gasteiger partial charge >= 0.3 is 0 Å². The molecule has 5 nitrogen and oxygen atoms in total. The largest absolute Gasteiger partial charge is 0.456 e. The Bertz CT molecular complexity index is 3260. The second-order valence-corrected chi connectivity index (χ2v) is 14.5. The predicted octanol–water partition coefficient (Wildman–Crippen LogP) is 14.2. The van der Waals surface area contributed by atoms with Crippen molar-refractivity contribution < 1.29 is 4.42 Å². The summed E-state index contributed by atoms with van der Waals surface area (Å²) in [4.78, 5) is 16.9. The second kappa shape index (κ2) is 14.0. The molecule has 4 heterocycles. The minimum atomic E-state index is 0.830. The molecule has 11 rings (SSSR count). The molecule has 4 aromatic heterocycles. The first-order valence-electron chi connectivity index (χ1n) is 19.4. The van der Waals surface area contributed by atoms with Gasteiger partial charge in [0.15, 0.2) is 0 Å². The van der Waals surface area contributed by atoms with Gasteiger partial charge in [0.1, 0.15) is 11.2 Å². The Morgan fingerprint density at radius 2 is 1.07 bits per heavy atom. The van der Waals surface area contributed by atoms with Crippen molar-refractivity contribution >= 4 is 60.8 Å². The molecule has 5 heteroatoms. The summed E-state index contributed by atoms with van der Waals surface area (Å²) in [5.74, 6) is 0. The van der Waals surface area contributed by atoms with E-state index in [1.165, 1.54) is 16.3 Å². The summed E-state index contributed by atoms with van der Waals surface area (Å²) in [5.41, 5.74) is 14.9. The van der Waals surface area contributed by atoms with Crippen molar-refractivity contribution in [3.63, 3.8) is 0 Å². The molecule has 0 saturated heterocycles. The molecule has 0 unspecified atom stereocenters. The molecule has 0 bridgehead atoms. The van der Waals surface area contributed by atoms with Gasteiger partial charge < -0.3 is 9.32 Å². The van der Waals surface area contributed by atoms with Crippen LogP contribution in [-0.2, 0) is 0 Å². The average molecular weight is 743 g/mol. The molecule has 58 heavy (non-hydrogen) atoms. The van der Waals surface area contributed by atoms with Crippen molar-refractivity contribution in [2.24, 2.45) is 0 Å². The molecule has 0 aliphatic rings. The van der Waals surface area contributed by atoms with Crippen LogP contribution in [0.2, 0.25) is 0 Å². The smallest absolute Gasteiger partial charge is 0.139 e. The van der Waals surface area contributed by atoms with Gasteiger partial charge in [-0.05, 0) is 100 Å². The van der Waals surface area contributed by atoms with E-state index in [9.17, 15) is 0 Å². The highest BCUT2D eigenvalue weighted by molar-refractivity contribution is 6.11. The molecule has 0 aliphatic carbocycles. The number of pyridine rings is 3.